The maximum absolute atomic E-state index is 11.5. The van der Waals surface area contributed by atoms with E-state index in [1.807, 2.05) is 13.1 Å². The SMILES string of the molecule is CCn1cc(COC(=O)COc2cccc(N)c2)cn1. The summed E-state index contributed by atoms with van der Waals surface area (Å²) in [6, 6.07) is 6.89. The van der Waals surface area contributed by atoms with Gasteiger partial charge in [-0.1, -0.05) is 6.07 Å². The van der Waals surface area contributed by atoms with E-state index >= 15 is 0 Å². The Balaban J connectivity index is 1.75. The minimum absolute atomic E-state index is 0.147. The number of benzene rings is 1. The Kier molecular flexibility index (Phi) is 4.60. The zero-order valence-electron chi connectivity index (χ0n) is 11.3. The van der Waals surface area contributed by atoms with Gasteiger partial charge in [0.05, 0.1) is 6.20 Å². The lowest BCUT2D eigenvalue weighted by molar-refractivity contribution is -0.147. The van der Waals surface area contributed by atoms with Crippen LogP contribution in [0.25, 0.3) is 0 Å². The Labute approximate surface area is 117 Å². The summed E-state index contributed by atoms with van der Waals surface area (Å²) in [5, 5.41) is 4.10. The number of carbonyl (C=O) groups is 1. The number of anilines is 1. The summed E-state index contributed by atoms with van der Waals surface area (Å²) in [6.45, 7) is 2.82. The van der Waals surface area contributed by atoms with Crippen molar-refractivity contribution in [2.45, 2.75) is 20.1 Å². The van der Waals surface area contributed by atoms with Crippen LogP contribution in [0.4, 0.5) is 5.69 Å². The summed E-state index contributed by atoms with van der Waals surface area (Å²) < 4.78 is 12.1. The smallest absolute Gasteiger partial charge is 0.344 e. The van der Waals surface area contributed by atoms with Crippen molar-refractivity contribution < 1.29 is 14.3 Å². The van der Waals surface area contributed by atoms with Gasteiger partial charge in [-0.05, 0) is 19.1 Å². The molecule has 6 nitrogen and oxygen atoms in total. The highest BCUT2D eigenvalue weighted by molar-refractivity contribution is 5.71. The number of aromatic nitrogens is 2. The predicted octanol–water partition coefficient (Wildman–Crippen LogP) is 1.61. The molecule has 0 radical (unpaired) electrons. The minimum Gasteiger partial charge on any atom is -0.482 e. The molecule has 0 atom stereocenters. The first-order chi connectivity index (χ1) is 9.67. The fourth-order valence-electron chi connectivity index (χ4n) is 1.61. The van der Waals surface area contributed by atoms with E-state index in [1.165, 1.54) is 0 Å². The van der Waals surface area contributed by atoms with Gasteiger partial charge in [-0.15, -0.1) is 0 Å². The summed E-state index contributed by atoms with van der Waals surface area (Å²) >= 11 is 0. The van der Waals surface area contributed by atoms with E-state index in [2.05, 4.69) is 5.10 Å². The van der Waals surface area contributed by atoms with Crippen molar-refractivity contribution in [3.8, 4) is 5.75 Å². The number of hydrogen-bond acceptors (Lipinski definition) is 5. The van der Waals surface area contributed by atoms with Gasteiger partial charge < -0.3 is 15.2 Å². The molecular weight excluding hydrogens is 258 g/mol. The van der Waals surface area contributed by atoms with Crippen molar-refractivity contribution >= 4 is 11.7 Å². The number of ether oxygens (including phenoxy) is 2. The van der Waals surface area contributed by atoms with Crippen molar-refractivity contribution in [1.29, 1.82) is 0 Å². The van der Waals surface area contributed by atoms with Gasteiger partial charge in [0, 0.05) is 30.1 Å². The lowest BCUT2D eigenvalue weighted by Gasteiger charge is -2.06. The van der Waals surface area contributed by atoms with Crippen LogP contribution in [0, 0.1) is 0 Å². The van der Waals surface area contributed by atoms with Crippen molar-refractivity contribution in [2.24, 2.45) is 0 Å². The van der Waals surface area contributed by atoms with Gasteiger partial charge in [-0.25, -0.2) is 4.79 Å². The van der Waals surface area contributed by atoms with Crippen LogP contribution in [0.2, 0.25) is 0 Å². The Morgan fingerprint density at radius 2 is 2.30 bits per heavy atom. The van der Waals surface area contributed by atoms with Gasteiger partial charge in [0.25, 0.3) is 0 Å². The van der Waals surface area contributed by atoms with Crippen LogP contribution in [0.15, 0.2) is 36.7 Å². The van der Waals surface area contributed by atoms with Crippen molar-refractivity contribution in [1.82, 2.24) is 9.78 Å². The van der Waals surface area contributed by atoms with E-state index in [1.54, 1.807) is 35.1 Å². The molecule has 0 aliphatic rings. The topological polar surface area (TPSA) is 79.4 Å². The van der Waals surface area contributed by atoms with Gasteiger partial charge >= 0.3 is 5.97 Å². The third-order valence-electron chi connectivity index (χ3n) is 2.63. The maximum atomic E-state index is 11.5. The average Bonchev–Trinajstić information content (AvgIpc) is 2.91. The van der Waals surface area contributed by atoms with Crippen molar-refractivity contribution in [3.63, 3.8) is 0 Å². The number of esters is 1. The van der Waals surface area contributed by atoms with E-state index in [0.29, 0.717) is 11.4 Å². The summed E-state index contributed by atoms with van der Waals surface area (Å²) in [6.07, 6.45) is 3.52. The second-order valence-corrected chi connectivity index (χ2v) is 4.23. The number of aryl methyl sites for hydroxylation is 1. The molecule has 0 spiro atoms. The molecule has 0 aliphatic heterocycles. The number of rotatable bonds is 6. The van der Waals surface area contributed by atoms with E-state index in [0.717, 1.165) is 12.1 Å². The van der Waals surface area contributed by atoms with Crippen LogP contribution in [0.3, 0.4) is 0 Å². The lowest BCUT2D eigenvalue weighted by atomic mass is 10.3. The molecule has 0 aliphatic carbocycles. The number of carbonyl (C=O) groups excluding carboxylic acids is 1. The molecule has 20 heavy (non-hydrogen) atoms. The molecule has 0 amide bonds. The second-order valence-electron chi connectivity index (χ2n) is 4.23. The van der Waals surface area contributed by atoms with Gasteiger partial charge in [0.15, 0.2) is 6.61 Å². The molecule has 1 heterocycles. The molecule has 1 aromatic carbocycles. The van der Waals surface area contributed by atoms with Crippen LogP contribution < -0.4 is 10.5 Å². The monoisotopic (exact) mass is 275 g/mol. The number of nitrogens with two attached hydrogens (primary N) is 1. The zero-order valence-corrected chi connectivity index (χ0v) is 11.3. The zero-order chi connectivity index (χ0) is 14.4. The highest BCUT2D eigenvalue weighted by Crippen LogP contribution is 2.14. The van der Waals surface area contributed by atoms with Crippen molar-refractivity contribution in [2.75, 3.05) is 12.3 Å². The van der Waals surface area contributed by atoms with E-state index in [4.69, 9.17) is 15.2 Å². The fourth-order valence-corrected chi connectivity index (χ4v) is 1.61. The van der Waals surface area contributed by atoms with Crippen LogP contribution in [0.5, 0.6) is 5.75 Å². The highest BCUT2D eigenvalue weighted by atomic mass is 16.6. The van der Waals surface area contributed by atoms with Crippen LogP contribution >= 0.6 is 0 Å². The number of nitrogen functional groups attached to an aromatic ring is 1. The largest absolute Gasteiger partial charge is 0.482 e. The molecule has 0 fully saturated rings. The molecule has 1 aromatic heterocycles. The Morgan fingerprint density at radius 1 is 1.45 bits per heavy atom. The van der Waals surface area contributed by atoms with Gasteiger partial charge in [0.2, 0.25) is 0 Å². The molecular formula is C14H17N3O3. The summed E-state index contributed by atoms with van der Waals surface area (Å²) in [5.74, 6) is 0.109. The summed E-state index contributed by atoms with van der Waals surface area (Å²) in [5.41, 5.74) is 7.05. The second kappa shape index (κ2) is 6.60. The first-order valence-electron chi connectivity index (χ1n) is 6.32. The standard InChI is InChI=1S/C14H17N3O3/c1-2-17-8-11(7-16-17)9-20-14(18)10-19-13-5-3-4-12(15)6-13/h3-8H,2,9-10,15H2,1H3. The van der Waals surface area contributed by atoms with Gasteiger partial charge in [-0.2, -0.15) is 5.10 Å². The van der Waals surface area contributed by atoms with E-state index in [9.17, 15) is 4.79 Å². The quantitative estimate of drug-likeness (QED) is 0.640. The summed E-state index contributed by atoms with van der Waals surface area (Å²) in [4.78, 5) is 11.5. The first-order valence-corrected chi connectivity index (χ1v) is 6.32. The lowest BCUT2D eigenvalue weighted by Crippen LogP contribution is -2.14. The molecule has 0 unspecified atom stereocenters. The Hall–Kier alpha value is -2.50. The van der Waals surface area contributed by atoms with E-state index in [-0.39, 0.29) is 13.2 Å². The Bertz CT molecular complexity index is 581. The minimum atomic E-state index is -0.434. The predicted molar refractivity (Wildman–Crippen MR) is 74.0 cm³/mol. The third kappa shape index (κ3) is 4.01. The molecule has 0 saturated carbocycles. The fraction of sp³-hybridized carbons (Fsp3) is 0.286. The normalized spacial score (nSPS) is 10.2. The highest BCUT2D eigenvalue weighted by Gasteiger charge is 2.06. The molecule has 0 saturated heterocycles. The maximum Gasteiger partial charge on any atom is 0.344 e. The molecule has 6 heteroatoms. The van der Waals surface area contributed by atoms with Gasteiger partial charge in [-0.3, -0.25) is 4.68 Å². The third-order valence-corrected chi connectivity index (χ3v) is 2.63. The molecule has 2 rings (SSSR count). The van der Waals surface area contributed by atoms with Crippen LogP contribution in [-0.4, -0.2) is 22.4 Å². The Morgan fingerprint density at radius 3 is 3.00 bits per heavy atom. The van der Waals surface area contributed by atoms with Gasteiger partial charge in [0.1, 0.15) is 12.4 Å². The van der Waals surface area contributed by atoms with Crippen molar-refractivity contribution in [3.05, 3.63) is 42.2 Å². The molecule has 106 valence electrons. The summed E-state index contributed by atoms with van der Waals surface area (Å²) in [7, 11) is 0. The van der Waals surface area contributed by atoms with Crippen LogP contribution in [0.1, 0.15) is 12.5 Å². The van der Waals surface area contributed by atoms with Crippen LogP contribution in [-0.2, 0) is 22.7 Å². The molecule has 2 aromatic rings. The average molecular weight is 275 g/mol. The van der Waals surface area contributed by atoms with E-state index < -0.39 is 5.97 Å². The molecule has 2 N–H and O–H groups in total. The number of nitrogens with zero attached hydrogens (tertiary/aromatic N) is 2. The number of hydrogen-bond donors (Lipinski definition) is 1. The molecule has 0 bridgehead atoms. The first kappa shape index (κ1) is 13.9.